The van der Waals surface area contributed by atoms with Crippen LogP contribution in [-0.4, -0.2) is 22.6 Å². The first-order valence-corrected chi connectivity index (χ1v) is 8.74. The molecule has 1 heterocycles. The van der Waals surface area contributed by atoms with Crippen LogP contribution in [0.15, 0.2) is 65.5 Å². The van der Waals surface area contributed by atoms with Crippen LogP contribution < -0.4 is 10.9 Å². The molecule has 5 heteroatoms. The van der Waals surface area contributed by atoms with Crippen LogP contribution in [0.1, 0.15) is 30.1 Å². The summed E-state index contributed by atoms with van der Waals surface area (Å²) < 4.78 is 0. The van der Waals surface area contributed by atoms with E-state index in [9.17, 15) is 9.59 Å². The Kier molecular flexibility index (Phi) is 5.59. The molecule has 0 saturated carbocycles. The number of hydrogen-bond acceptors (Lipinski definition) is 3. The molecule has 0 radical (unpaired) electrons. The number of rotatable bonds is 6. The predicted molar refractivity (Wildman–Crippen MR) is 103 cm³/mol. The van der Waals surface area contributed by atoms with Gasteiger partial charge in [0.1, 0.15) is 5.56 Å². The number of nitrogens with one attached hydrogen (secondary N) is 2. The molecule has 2 N–H and O–H groups in total. The van der Waals surface area contributed by atoms with Gasteiger partial charge in [0, 0.05) is 17.7 Å². The lowest BCUT2D eigenvalue weighted by atomic mass is 9.95. The number of carbonyl (C=O) groups is 1. The maximum Gasteiger partial charge on any atom is 0.277 e. The Morgan fingerprint density at radius 3 is 2.23 bits per heavy atom. The van der Waals surface area contributed by atoms with E-state index >= 15 is 0 Å². The Balaban J connectivity index is 2.20. The zero-order valence-electron chi connectivity index (χ0n) is 14.7. The molecule has 1 amide bonds. The number of carbonyl (C=O) groups excluding carboxylic acids is 1. The molecule has 26 heavy (non-hydrogen) atoms. The Morgan fingerprint density at radius 2 is 1.62 bits per heavy atom. The predicted octanol–water partition coefficient (Wildman–Crippen LogP) is 3.63. The number of aromatic nitrogens is 2. The summed E-state index contributed by atoms with van der Waals surface area (Å²) in [5.74, 6) is -0.377. The second kappa shape index (κ2) is 8.25. The smallest absolute Gasteiger partial charge is 0.277 e. The maximum atomic E-state index is 12.8. The molecule has 0 aliphatic carbocycles. The molecule has 0 unspecified atom stereocenters. The molecule has 0 atom stereocenters. The molecule has 0 bridgehead atoms. The number of unbranched alkanes of at least 4 members (excludes halogenated alkanes) is 1. The highest BCUT2D eigenvalue weighted by molar-refractivity contribution is 6.03. The number of nitrogens with zero attached hydrogens (tertiary/aromatic N) is 1. The van der Waals surface area contributed by atoms with Gasteiger partial charge in [-0.3, -0.25) is 9.59 Å². The molecule has 0 aliphatic heterocycles. The van der Waals surface area contributed by atoms with Gasteiger partial charge in [0.05, 0.1) is 5.69 Å². The van der Waals surface area contributed by atoms with Crippen LogP contribution in [0.25, 0.3) is 22.4 Å². The van der Waals surface area contributed by atoms with Crippen molar-refractivity contribution in [2.24, 2.45) is 0 Å². The lowest BCUT2D eigenvalue weighted by Crippen LogP contribution is -2.32. The van der Waals surface area contributed by atoms with Gasteiger partial charge in [-0.15, -0.1) is 0 Å². The highest BCUT2D eigenvalue weighted by Crippen LogP contribution is 2.31. The fourth-order valence-corrected chi connectivity index (χ4v) is 2.82. The van der Waals surface area contributed by atoms with Crippen molar-refractivity contribution in [2.45, 2.75) is 19.8 Å². The minimum Gasteiger partial charge on any atom is -0.352 e. The summed E-state index contributed by atoms with van der Waals surface area (Å²) in [5, 5.41) is 9.57. The van der Waals surface area contributed by atoms with Crippen molar-refractivity contribution in [3.8, 4) is 22.4 Å². The van der Waals surface area contributed by atoms with Gasteiger partial charge in [0.25, 0.3) is 11.5 Å². The van der Waals surface area contributed by atoms with Crippen LogP contribution in [0.4, 0.5) is 0 Å². The summed E-state index contributed by atoms with van der Waals surface area (Å²) in [6.45, 7) is 2.58. The van der Waals surface area contributed by atoms with Crippen LogP contribution in [0.2, 0.25) is 0 Å². The second-order valence-electron chi connectivity index (χ2n) is 5.99. The summed E-state index contributed by atoms with van der Waals surface area (Å²) >= 11 is 0. The number of amides is 1. The van der Waals surface area contributed by atoms with Crippen molar-refractivity contribution in [1.29, 1.82) is 0 Å². The number of benzene rings is 2. The van der Waals surface area contributed by atoms with E-state index in [1.807, 2.05) is 67.6 Å². The first-order chi connectivity index (χ1) is 12.7. The molecule has 3 aromatic rings. The zero-order valence-corrected chi connectivity index (χ0v) is 14.7. The number of H-pyrrole nitrogens is 1. The Hall–Kier alpha value is -3.21. The van der Waals surface area contributed by atoms with Gasteiger partial charge in [-0.25, -0.2) is 5.10 Å². The first-order valence-electron chi connectivity index (χ1n) is 8.74. The molecule has 1 aromatic heterocycles. The second-order valence-corrected chi connectivity index (χ2v) is 5.99. The van der Waals surface area contributed by atoms with E-state index in [0.29, 0.717) is 17.8 Å². The minimum atomic E-state index is -0.488. The molecular formula is C21H21N3O2. The summed E-state index contributed by atoms with van der Waals surface area (Å²) in [4.78, 5) is 25.3. The molecule has 0 saturated heterocycles. The van der Waals surface area contributed by atoms with E-state index in [-0.39, 0.29) is 11.5 Å². The van der Waals surface area contributed by atoms with Gasteiger partial charge in [-0.05, 0) is 12.0 Å². The summed E-state index contributed by atoms with van der Waals surface area (Å²) in [6.07, 6.45) is 1.83. The Bertz CT molecular complexity index is 934. The van der Waals surface area contributed by atoms with E-state index in [1.165, 1.54) is 0 Å². The average molecular weight is 347 g/mol. The fourth-order valence-electron chi connectivity index (χ4n) is 2.82. The molecule has 2 aromatic carbocycles. The van der Waals surface area contributed by atoms with E-state index in [0.717, 1.165) is 24.0 Å². The fraction of sp³-hybridized carbons (Fsp3) is 0.190. The third-order valence-electron chi connectivity index (χ3n) is 4.14. The third kappa shape index (κ3) is 3.72. The molecular weight excluding hydrogens is 326 g/mol. The third-order valence-corrected chi connectivity index (χ3v) is 4.14. The van der Waals surface area contributed by atoms with E-state index < -0.39 is 5.56 Å². The van der Waals surface area contributed by atoms with Crippen LogP contribution in [0.3, 0.4) is 0 Å². The molecule has 0 aliphatic rings. The number of aromatic amines is 1. The van der Waals surface area contributed by atoms with Crippen molar-refractivity contribution < 1.29 is 4.79 Å². The van der Waals surface area contributed by atoms with E-state index in [4.69, 9.17) is 0 Å². The number of hydrogen-bond donors (Lipinski definition) is 2. The van der Waals surface area contributed by atoms with Crippen LogP contribution in [-0.2, 0) is 0 Å². The molecule has 5 nitrogen and oxygen atoms in total. The lowest BCUT2D eigenvalue weighted by Gasteiger charge is -2.13. The van der Waals surface area contributed by atoms with Crippen molar-refractivity contribution in [3.63, 3.8) is 0 Å². The molecule has 132 valence electrons. The highest BCUT2D eigenvalue weighted by Gasteiger charge is 2.22. The van der Waals surface area contributed by atoms with Gasteiger partial charge in [0.15, 0.2) is 0 Å². The van der Waals surface area contributed by atoms with Crippen molar-refractivity contribution in [3.05, 3.63) is 76.6 Å². The SMILES string of the molecule is CCCCNC(=O)c1c(-c2ccccc2)c(-c2ccccc2)n[nH]c1=O. The molecule has 0 spiro atoms. The summed E-state index contributed by atoms with van der Waals surface area (Å²) in [7, 11) is 0. The quantitative estimate of drug-likeness (QED) is 0.669. The van der Waals surface area contributed by atoms with E-state index in [1.54, 1.807) is 0 Å². The Labute approximate surface area is 152 Å². The Morgan fingerprint density at radius 1 is 1.00 bits per heavy atom. The zero-order chi connectivity index (χ0) is 18.4. The summed E-state index contributed by atoms with van der Waals surface area (Å²) in [5.41, 5.74) is 2.36. The van der Waals surface area contributed by atoms with Gasteiger partial charge < -0.3 is 5.32 Å². The van der Waals surface area contributed by atoms with Crippen LogP contribution >= 0.6 is 0 Å². The van der Waals surface area contributed by atoms with Crippen LogP contribution in [0, 0.1) is 0 Å². The normalized spacial score (nSPS) is 10.5. The minimum absolute atomic E-state index is 0.0983. The highest BCUT2D eigenvalue weighted by atomic mass is 16.2. The summed E-state index contributed by atoms with van der Waals surface area (Å²) in [6, 6.07) is 18.9. The monoisotopic (exact) mass is 347 g/mol. The molecule has 3 rings (SSSR count). The van der Waals surface area contributed by atoms with Crippen molar-refractivity contribution in [2.75, 3.05) is 6.54 Å². The topological polar surface area (TPSA) is 74.8 Å². The lowest BCUT2D eigenvalue weighted by molar-refractivity contribution is 0.0952. The molecule has 0 fully saturated rings. The van der Waals surface area contributed by atoms with Crippen molar-refractivity contribution in [1.82, 2.24) is 15.5 Å². The largest absolute Gasteiger partial charge is 0.352 e. The van der Waals surface area contributed by atoms with Gasteiger partial charge >= 0.3 is 0 Å². The van der Waals surface area contributed by atoms with Gasteiger partial charge in [-0.2, -0.15) is 5.10 Å². The maximum absolute atomic E-state index is 12.8. The van der Waals surface area contributed by atoms with Crippen molar-refractivity contribution >= 4 is 5.91 Å². The van der Waals surface area contributed by atoms with Gasteiger partial charge in [0.2, 0.25) is 0 Å². The van der Waals surface area contributed by atoms with E-state index in [2.05, 4.69) is 15.5 Å². The van der Waals surface area contributed by atoms with Gasteiger partial charge in [-0.1, -0.05) is 74.0 Å². The standard InChI is InChI=1S/C21H21N3O2/c1-2-3-14-22-20(25)18-17(15-10-6-4-7-11-15)19(23-24-21(18)26)16-12-8-5-9-13-16/h4-13H,2-3,14H2,1H3,(H,22,25)(H,24,26). The first kappa shape index (κ1) is 17.6. The van der Waals surface area contributed by atoms with Crippen LogP contribution in [0.5, 0.6) is 0 Å². The average Bonchev–Trinajstić information content (AvgIpc) is 2.69.